The molecule has 3 rings (SSSR count). The lowest BCUT2D eigenvalue weighted by atomic mass is 10.1. The Morgan fingerprint density at radius 2 is 1.89 bits per heavy atom. The molecule has 0 aliphatic carbocycles. The minimum Gasteiger partial charge on any atom is -0.356 e. The van der Waals surface area contributed by atoms with Crippen LogP contribution in [-0.2, 0) is 10.0 Å². The second kappa shape index (κ2) is 7.79. The van der Waals surface area contributed by atoms with Crippen molar-refractivity contribution in [2.24, 2.45) is 0 Å². The van der Waals surface area contributed by atoms with Gasteiger partial charge in [0.25, 0.3) is 5.91 Å². The molecule has 0 saturated carbocycles. The fourth-order valence-corrected chi connectivity index (χ4v) is 4.74. The van der Waals surface area contributed by atoms with Crippen LogP contribution in [0.1, 0.15) is 41.9 Å². The highest BCUT2D eigenvalue weighted by Crippen LogP contribution is 2.29. The van der Waals surface area contributed by atoms with E-state index >= 15 is 0 Å². The first kappa shape index (κ1) is 20.1. The van der Waals surface area contributed by atoms with Gasteiger partial charge in [0.1, 0.15) is 16.4 Å². The molecule has 2 N–H and O–H groups in total. The third-order valence-electron chi connectivity index (χ3n) is 4.43. The number of hydrogen-bond acceptors (Lipinski definition) is 3. The molecule has 27 heavy (non-hydrogen) atoms. The number of aromatic nitrogens is 1. The van der Waals surface area contributed by atoms with Crippen LogP contribution in [0.2, 0.25) is 10.0 Å². The van der Waals surface area contributed by atoms with Crippen LogP contribution >= 0.6 is 23.2 Å². The Morgan fingerprint density at radius 1 is 1.22 bits per heavy atom. The van der Waals surface area contributed by atoms with Crippen LogP contribution in [0.25, 0.3) is 0 Å². The van der Waals surface area contributed by atoms with Gasteiger partial charge in [-0.3, -0.25) is 4.79 Å². The highest BCUT2D eigenvalue weighted by Gasteiger charge is 2.25. The summed E-state index contributed by atoms with van der Waals surface area (Å²) < 4.78 is 41.4. The van der Waals surface area contributed by atoms with E-state index in [1.807, 2.05) is 0 Å². The standard InChI is InChI=1S/C17H18Cl2FN3O3S/c1-10(12-7-15(20)14(19)8-13(12)18)22-27(25,26)11-6-16(21-9-11)17(24)23-4-2-3-5-23/h6-10,21-22H,2-5H2,1H3. The summed E-state index contributed by atoms with van der Waals surface area (Å²) >= 11 is 11.7. The van der Waals surface area contributed by atoms with Gasteiger partial charge in [-0.05, 0) is 43.5 Å². The predicted octanol–water partition coefficient (Wildman–Crippen LogP) is 3.74. The van der Waals surface area contributed by atoms with Crippen molar-refractivity contribution in [1.29, 1.82) is 0 Å². The monoisotopic (exact) mass is 433 g/mol. The van der Waals surface area contributed by atoms with Crippen molar-refractivity contribution in [3.8, 4) is 0 Å². The zero-order valence-corrected chi connectivity index (χ0v) is 16.8. The summed E-state index contributed by atoms with van der Waals surface area (Å²) in [4.78, 5) is 16.7. The summed E-state index contributed by atoms with van der Waals surface area (Å²) in [6.07, 6.45) is 3.13. The van der Waals surface area contributed by atoms with Gasteiger partial charge in [-0.1, -0.05) is 23.2 Å². The second-order valence-corrected chi connectivity index (χ2v) is 8.91. The van der Waals surface area contributed by atoms with Crippen molar-refractivity contribution < 1.29 is 17.6 Å². The normalized spacial score (nSPS) is 15.9. The molecule has 146 valence electrons. The fraction of sp³-hybridized carbons (Fsp3) is 0.353. The predicted molar refractivity (Wildman–Crippen MR) is 101 cm³/mol. The summed E-state index contributed by atoms with van der Waals surface area (Å²) in [6.45, 7) is 2.86. The van der Waals surface area contributed by atoms with Crippen molar-refractivity contribution in [3.63, 3.8) is 0 Å². The van der Waals surface area contributed by atoms with Crippen LogP contribution in [0.3, 0.4) is 0 Å². The number of hydrogen-bond donors (Lipinski definition) is 2. The van der Waals surface area contributed by atoms with Crippen molar-refractivity contribution in [1.82, 2.24) is 14.6 Å². The summed E-state index contributed by atoms with van der Waals surface area (Å²) in [5, 5.41) is 0.00470. The van der Waals surface area contributed by atoms with Gasteiger partial charge in [0.05, 0.1) is 5.02 Å². The SMILES string of the molecule is CC(NS(=O)(=O)c1c[nH]c(C(=O)N2CCCC2)c1)c1cc(F)c(Cl)cc1Cl. The van der Waals surface area contributed by atoms with Gasteiger partial charge in [0, 0.05) is 30.4 Å². The number of nitrogens with one attached hydrogen (secondary N) is 2. The molecule has 1 amide bonds. The molecule has 0 radical (unpaired) electrons. The van der Waals surface area contributed by atoms with Gasteiger partial charge in [-0.15, -0.1) is 0 Å². The first-order valence-corrected chi connectivity index (χ1v) is 10.6. The molecule has 1 aliphatic heterocycles. The number of carbonyl (C=O) groups excluding carboxylic acids is 1. The molecule has 1 aromatic carbocycles. The van der Waals surface area contributed by atoms with E-state index in [1.165, 1.54) is 25.3 Å². The maximum Gasteiger partial charge on any atom is 0.270 e. The number of likely N-dealkylation sites (tertiary alicyclic amines) is 1. The average Bonchev–Trinajstić information content (AvgIpc) is 3.28. The number of rotatable bonds is 5. The van der Waals surface area contributed by atoms with E-state index in [9.17, 15) is 17.6 Å². The molecular weight excluding hydrogens is 416 g/mol. The smallest absolute Gasteiger partial charge is 0.270 e. The van der Waals surface area contributed by atoms with Crippen LogP contribution in [0, 0.1) is 5.82 Å². The van der Waals surface area contributed by atoms with Crippen molar-refractivity contribution in [2.45, 2.75) is 30.7 Å². The summed E-state index contributed by atoms with van der Waals surface area (Å²) in [5.74, 6) is -0.924. The molecule has 6 nitrogen and oxygen atoms in total. The Hall–Kier alpha value is -1.61. The van der Waals surface area contributed by atoms with Crippen LogP contribution in [0.4, 0.5) is 4.39 Å². The Morgan fingerprint density at radius 3 is 2.56 bits per heavy atom. The van der Waals surface area contributed by atoms with E-state index in [2.05, 4.69) is 9.71 Å². The number of aromatic amines is 1. The van der Waals surface area contributed by atoms with E-state index in [1.54, 1.807) is 4.90 Å². The number of sulfonamides is 1. The van der Waals surface area contributed by atoms with Gasteiger partial charge >= 0.3 is 0 Å². The lowest BCUT2D eigenvalue weighted by Gasteiger charge is -2.16. The van der Waals surface area contributed by atoms with Gasteiger partial charge in [-0.2, -0.15) is 0 Å². The van der Waals surface area contributed by atoms with E-state index in [0.29, 0.717) is 13.1 Å². The van der Waals surface area contributed by atoms with Gasteiger partial charge in [0.15, 0.2) is 0 Å². The Bertz CT molecular complexity index is 972. The number of halogens is 3. The zero-order valence-electron chi connectivity index (χ0n) is 14.4. The van der Waals surface area contributed by atoms with Crippen molar-refractivity contribution in [3.05, 3.63) is 51.5 Å². The van der Waals surface area contributed by atoms with E-state index in [-0.39, 0.29) is 32.1 Å². The summed E-state index contributed by atoms with van der Waals surface area (Å²) in [6, 6.07) is 2.81. The first-order chi connectivity index (χ1) is 12.7. The highest BCUT2D eigenvalue weighted by atomic mass is 35.5. The third-order valence-corrected chi connectivity index (χ3v) is 6.57. The van der Waals surface area contributed by atoms with E-state index in [4.69, 9.17) is 23.2 Å². The number of H-pyrrole nitrogens is 1. The molecule has 1 atom stereocenters. The Labute approximate surface area is 166 Å². The highest BCUT2D eigenvalue weighted by molar-refractivity contribution is 7.89. The minimum atomic E-state index is -3.95. The number of amides is 1. The molecule has 2 aromatic rings. The average molecular weight is 434 g/mol. The van der Waals surface area contributed by atoms with Crippen LogP contribution in [0.15, 0.2) is 29.3 Å². The summed E-state index contributed by atoms with van der Waals surface area (Å²) in [5.41, 5.74) is 0.464. The quantitative estimate of drug-likeness (QED) is 0.704. The number of nitrogens with zero attached hydrogens (tertiary/aromatic N) is 1. The third kappa shape index (κ3) is 4.29. The van der Waals surface area contributed by atoms with E-state index in [0.717, 1.165) is 18.9 Å². The van der Waals surface area contributed by atoms with Crippen molar-refractivity contribution >= 4 is 39.1 Å². The topological polar surface area (TPSA) is 82.3 Å². The van der Waals surface area contributed by atoms with Gasteiger partial charge in [0.2, 0.25) is 10.0 Å². The fourth-order valence-electron chi connectivity index (χ4n) is 2.98. The molecule has 1 unspecified atom stereocenters. The molecule has 0 spiro atoms. The molecular formula is C17H18Cl2FN3O3S. The van der Waals surface area contributed by atoms with E-state index < -0.39 is 21.9 Å². The maximum atomic E-state index is 13.7. The maximum absolute atomic E-state index is 13.7. The molecule has 2 heterocycles. The molecule has 1 saturated heterocycles. The number of carbonyl (C=O) groups is 1. The molecule has 1 aromatic heterocycles. The van der Waals surface area contributed by atoms with Gasteiger partial charge in [-0.25, -0.2) is 17.5 Å². The van der Waals surface area contributed by atoms with Crippen LogP contribution in [0.5, 0.6) is 0 Å². The van der Waals surface area contributed by atoms with Crippen LogP contribution in [-0.4, -0.2) is 37.3 Å². The minimum absolute atomic E-state index is 0.0811. The molecule has 0 bridgehead atoms. The Kier molecular flexibility index (Phi) is 5.81. The summed E-state index contributed by atoms with van der Waals surface area (Å²) in [7, 11) is -3.95. The molecule has 1 fully saturated rings. The molecule has 10 heteroatoms. The lowest BCUT2D eigenvalue weighted by Crippen LogP contribution is -2.28. The number of benzene rings is 1. The lowest BCUT2D eigenvalue weighted by molar-refractivity contribution is 0.0787. The largest absolute Gasteiger partial charge is 0.356 e. The zero-order chi connectivity index (χ0) is 19.8. The Balaban J connectivity index is 1.79. The molecule has 1 aliphatic rings. The van der Waals surface area contributed by atoms with Gasteiger partial charge < -0.3 is 9.88 Å². The van der Waals surface area contributed by atoms with Crippen LogP contribution < -0.4 is 4.72 Å². The second-order valence-electron chi connectivity index (χ2n) is 6.38. The first-order valence-electron chi connectivity index (χ1n) is 8.33. The van der Waals surface area contributed by atoms with Crippen molar-refractivity contribution in [2.75, 3.05) is 13.1 Å².